The van der Waals surface area contributed by atoms with Gasteiger partial charge in [-0.2, -0.15) is 0 Å². The number of nitrogens with zero attached hydrogens (tertiary/aromatic N) is 3. The molecule has 8 bridgehead atoms. The lowest BCUT2D eigenvalue weighted by Crippen LogP contribution is -2.17. The van der Waals surface area contributed by atoms with E-state index in [1.54, 1.807) is 0 Å². The van der Waals surface area contributed by atoms with E-state index in [-0.39, 0.29) is 10.8 Å². The van der Waals surface area contributed by atoms with Crippen LogP contribution in [0.2, 0.25) is 0 Å². The molecule has 300 valence electrons. The third-order valence-corrected chi connectivity index (χ3v) is 14.5. The standard InChI is InChI=1S/C60H45N3/c1-59(2)53-31-28-43-35-50(53)51-36-44(29-32-54(51)59)62(57-26-14-23-49-48-22-9-11-25-56(48)63(58(49)57)40-17-6-5-7-18-40)42-20-13-16-39(34-42)38-15-12-19-41(33-38)61(43)45-27-30-47-46-21-8-10-24-52(46)60(3,4)55(47)37-45/h5-37H,1-4H3. The Morgan fingerprint density at radius 2 is 0.825 bits per heavy atom. The summed E-state index contributed by atoms with van der Waals surface area (Å²) in [7, 11) is 0. The van der Waals surface area contributed by atoms with Crippen LogP contribution in [0.15, 0.2) is 200 Å². The van der Waals surface area contributed by atoms with Crippen molar-refractivity contribution in [2.45, 2.75) is 38.5 Å². The molecule has 10 aromatic rings. The molecule has 3 heteroatoms. The molecule has 3 nitrogen and oxygen atoms in total. The molecule has 0 atom stereocenters. The zero-order chi connectivity index (χ0) is 42.2. The molecule has 13 rings (SSSR count). The molecule has 0 amide bonds. The summed E-state index contributed by atoms with van der Waals surface area (Å²) in [5.74, 6) is 0. The highest BCUT2D eigenvalue weighted by Gasteiger charge is 2.38. The van der Waals surface area contributed by atoms with Gasteiger partial charge in [0.2, 0.25) is 0 Å². The maximum absolute atomic E-state index is 2.49. The summed E-state index contributed by atoms with van der Waals surface area (Å²) in [5.41, 5.74) is 23.0. The van der Waals surface area contributed by atoms with Crippen LogP contribution in [-0.2, 0) is 10.8 Å². The van der Waals surface area contributed by atoms with E-state index in [0.717, 1.165) is 45.4 Å². The van der Waals surface area contributed by atoms with Crippen LogP contribution < -0.4 is 9.80 Å². The molecule has 0 fully saturated rings. The number of hydrogen-bond donors (Lipinski definition) is 0. The average molecular weight is 808 g/mol. The molecule has 0 spiro atoms. The first-order valence-corrected chi connectivity index (χ1v) is 22.2. The van der Waals surface area contributed by atoms with Gasteiger partial charge in [0.05, 0.1) is 16.7 Å². The van der Waals surface area contributed by atoms with Crippen LogP contribution in [0.4, 0.5) is 34.1 Å². The van der Waals surface area contributed by atoms with Crippen LogP contribution in [-0.4, -0.2) is 4.57 Å². The van der Waals surface area contributed by atoms with Gasteiger partial charge in [0.15, 0.2) is 0 Å². The Bertz CT molecular complexity index is 3530. The van der Waals surface area contributed by atoms with Gasteiger partial charge in [-0.3, -0.25) is 0 Å². The van der Waals surface area contributed by atoms with Crippen LogP contribution in [0.3, 0.4) is 0 Å². The predicted octanol–water partition coefficient (Wildman–Crippen LogP) is 16.3. The Morgan fingerprint density at radius 3 is 1.57 bits per heavy atom. The van der Waals surface area contributed by atoms with Crippen molar-refractivity contribution >= 4 is 55.9 Å². The fraction of sp³-hybridized carbons (Fsp3) is 0.100. The Balaban J connectivity index is 1.08. The monoisotopic (exact) mass is 807 g/mol. The fourth-order valence-corrected chi connectivity index (χ4v) is 11.4. The molecule has 0 saturated carbocycles. The van der Waals surface area contributed by atoms with Gasteiger partial charge in [-0.25, -0.2) is 0 Å². The summed E-state index contributed by atoms with van der Waals surface area (Å²) in [6.45, 7) is 9.50. The van der Waals surface area contributed by atoms with Crippen molar-refractivity contribution in [3.8, 4) is 39.1 Å². The topological polar surface area (TPSA) is 11.4 Å². The first-order valence-electron chi connectivity index (χ1n) is 22.2. The van der Waals surface area contributed by atoms with E-state index in [9.17, 15) is 0 Å². The summed E-state index contributed by atoms with van der Waals surface area (Å²) in [5, 5.41) is 2.47. The van der Waals surface area contributed by atoms with Crippen molar-refractivity contribution in [1.82, 2.24) is 4.57 Å². The van der Waals surface area contributed by atoms with Crippen LogP contribution in [0.5, 0.6) is 0 Å². The maximum Gasteiger partial charge on any atom is 0.0782 e. The Morgan fingerprint density at radius 1 is 0.317 bits per heavy atom. The zero-order valence-corrected chi connectivity index (χ0v) is 35.9. The molecular weight excluding hydrogens is 763 g/mol. The molecular formula is C60H45N3. The molecule has 0 N–H and O–H groups in total. The lowest BCUT2D eigenvalue weighted by atomic mass is 9.82. The summed E-state index contributed by atoms with van der Waals surface area (Å²) in [6.07, 6.45) is 0. The van der Waals surface area contributed by atoms with Crippen LogP contribution in [0.25, 0.3) is 60.9 Å². The Hall–Kier alpha value is -7.62. The summed E-state index contributed by atoms with van der Waals surface area (Å²) in [6, 6.07) is 75.1. The third kappa shape index (κ3) is 5.08. The molecule has 0 saturated heterocycles. The van der Waals surface area contributed by atoms with Crippen LogP contribution >= 0.6 is 0 Å². The minimum Gasteiger partial charge on any atom is -0.310 e. The Labute approximate surface area is 368 Å². The minimum absolute atomic E-state index is 0.115. The Kier molecular flexibility index (Phi) is 7.42. The number of fused-ring (bicyclic) bond motifs is 13. The molecule has 63 heavy (non-hydrogen) atoms. The van der Waals surface area contributed by atoms with Crippen molar-refractivity contribution in [3.63, 3.8) is 0 Å². The van der Waals surface area contributed by atoms with Crippen molar-refractivity contribution in [2.75, 3.05) is 9.80 Å². The summed E-state index contributed by atoms with van der Waals surface area (Å²) >= 11 is 0. The van der Waals surface area contributed by atoms with E-state index in [1.807, 2.05) is 0 Å². The van der Waals surface area contributed by atoms with Gasteiger partial charge in [0.25, 0.3) is 0 Å². The van der Waals surface area contributed by atoms with E-state index in [4.69, 9.17) is 0 Å². The average Bonchev–Trinajstić information content (AvgIpc) is 3.86. The highest BCUT2D eigenvalue weighted by molar-refractivity contribution is 6.14. The number of hydrogen-bond acceptors (Lipinski definition) is 2. The quantitative estimate of drug-likeness (QED) is 0.176. The number of benzene rings is 9. The van der Waals surface area contributed by atoms with Crippen molar-refractivity contribution in [2.24, 2.45) is 0 Å². The summed E-state index contributed by atoms with van der Waals surface area (Å²) in [4.78, 5) is 4.97. The van der Waals surface area contributed by atoms with Gasteiger partial charge < -0.3 is 14.4 Å². The normalized spacial score (nSPS) is 14.9. The number of aromatic nitrogens is 1. The van der Waals surface area contributed by atoms with E-state index in [1.165, 1.54) is 71.9 Å². The van der Waals surface area contributed by atoms with Gasteiger partial charge in [0, 0.05) is 55.7 Å². The van der Waals surface area contributed by atoms with Crippen molar-refractivity contribution in [3.05, 3.63) is 222 Å². The number of anilines is 6. The van der Waals surface area contributed by atoms with Gasteiger partial charge in [0.1, 0.15) is 0 Å². The predicted molar refractivity (Wildman–Crippen MR) is 264 cm³/mol. The second-order valence-corrected chi connectivity index (χ2v) is 18.6. The highest BCUT2D eigenvalue weighted by atomic mass is 15.2. The lowest BCUT2D eigenvalue weighted by molar-refractivity contribution is 0.660. The van der Waals surface area contributed by atoms with Gasteiger partial charge >= 0.3 is 0 Å². The van der Waals surface area contributed by atoms with Crippen molar-refractivity contribution < 1.29 is 0 Å². The van der Waals surface area contributed by atoms with Gasteiger partial charge in [-0.15, -0.1) is 0 Å². The van der Waals surface area contributed by atoms with Crippen LogP contribution in [0, 0.1) is 0 Å². The summed E-state index contributed by atoms with van der Waals surface area (Å²) < 4.78 is 2.45. The molecule has 0 unspecified atom stereocenters. The number of rotatable bonds is 3. The van der Waals surface area contributed by atoms with E-state index in [2.05, 4.69) is 242 Å². The molecule has 1 aliphatic heterocycles. The molecule has 9 aromatic carbocycles. The molecule has 2 aliphatic carbocycles. The van der Waals surface area contributed by atoms with E-state index in [0.29, 0.717) is 0 Å². The SMILES string of the molecule is CC1(C)c2ccc3cc2-c2cc(ccc21)N(c1cccc2c4ccccc4n(-c4ccccc4)c12)c1cccc(c1)-c1cccc(c1)N3c1ccc2c(c1)C(C)(C)c1ccccc1-2. The fourth-order valence-electron chi connectivity index (χ4n) is 11.4. The van der Waals surface area contributed by atoms with Gasteiger partial charge in [-0.05, 0) is 141 Å². The maximum atomic E-state index is 2.49. The zero-order valence-electron chi connectivity index (χ0n) is 35.9. The second kappa shape index (κ2) is 13.0. The molecule has 1 aromatic heterocycles. The second-order valence-electron chi connectivity index (χ2n) is 18.6. The number of para-hydroxylation sites is 3. The first-order chi connectivity index (χ1) is 30.8. The molecule has 0 radical (unpaired) electrons. The smallest absolute Gasteiger partial charge is 0.0782 e. The lowest BCUT2D eigenvalue weighted by Gasteiger charge is -2.30. The minimum atomic E-state index is -0.172. The third-order valence-electron chi connectivity index (χ3n) is 14.5. The van der Waals surface area contributed by atoms with E-state index >= 15 is 0 Å². The largest absolute Gasteiger partial charge is 0.310 e. The van der Waals surface area contributed by atoms with Gasteiger partial charge in [-0.1, -0.05) is 143 Å². The first kappa shape index (κ1) is 36.1. The van der Waals surface area contributed by atoms with Crippen LogP contribution in [0.1, 0.15) is 49.9 Å². The molecule has 3 aliphatic rings. The highest BCUT2D eigenvalue weighted by Crippen LogP contribution is 2.55. The van der Waals surface area contributed by atoms with E-state index < -0.39 is 0 Å². The van der Waals surface area contributed by atoms with Crippen molar-refractivity contribution in [1.29, 1.82) is 0 Å². The molecule has 2 heterocycles.